The van der Waals surface area contributed by atoms with Crippen molar-refractivity contribution in [1.29, 1.82) is 0 Å². The number of hydrogen-bond acceptors (Lipinski definition) is 3. The average molecular weight is 286 g/mol. The molecule has 1 rings (SSSR count). The van der Waals surface area contributed by atoms with Crippen molar-refractivity contribution < 1.29 is 19.4 Å². The van der Waals surface area contributed by atoms with Crippen molar-refractivity contribution >= 4 is 12.0 Å². The van der Waals surface area contributed by atoms with E-state index in [1.54, 1.807) is 25.7 Å². The first-order valence-electron chi connectivity index (χ1n) is 7.08. The van der Waals surface area contributed by atoms with Crippen molar-refractivity contribution in [2.24, 2.45) is 5.41 Å². The molecule has 0 aliphatic carbocycles. The monoisotopic (exact) mass is 286 g/mol. The zero-order valence-electron chi connectivity index (χ0n) is 13.0. The number of urea groups is 1. The van der Waals surface area contributed by atoms with Crippen LogP contribution in [0.15, 0.2) is 0 Å². The summed E-state index contributed by atoms with van der Waals surface area (Å²) in [7, 11) is 0. The lowest BCUT2D eigenvalue weighted by Gasteiger charge is -2.39. The first kappa shape index (κ1) is 16.8. The smallest absolute Gasteiger partial charge is 0.326 e. The summed E-state index contributed by atoms with van der Waals surface area (Å²) in [5.74, 6) is -1.01. The molecule has 2 unspecified atom stereocenters. The number of rotatable bonds is 3. The van der Waals surface area contributed by atoms with Gasteiger partial charge in [-0.15, -0.1) is 0 Å². The number of morpholine rings is 1. The topological polar surface area (TPSA) is 78.9 Å². The van der Waals surface area contributed by atoms with Crippen molar-refractivity contribution in [2.45, 2.75) is 59.2 Å². The van der Waals surface area contributed by atoms with E-state index in [0.717, 1.165) is 6.42 Å². The third-order valence-electron chi connectivity index (χ3n) is 3.58. The van der Waals surface area contributed by atoms with Crippen LogP contribution in [0.3, 0.4) is 0 Å². The zero-order chi connectivity index (χ0) is 15.5. The van der Waals surface area contributed by atoms with E-state index in [9.17, 15) is 14.7 Å². The molecular formula is C14H26N2O4. The number of nitrogens with one attached hydrogen (secondary N) is 1. The maximum atomic E-state index is 12.4. The summed E-state index contributed by atoms with van der Waals surface area (Å²) in [6, 6.07) is -1.24. The third-order valence-corrected chi connectivity index (χ3v) is 3.58. The molecule has 1 aliphatic heterocycles. The number of amides is 2. The fraction of sp³-hybridized carbons (Fsp3) is 0.857. The Morgan fingerprint density at radius 1 is 1.45 bits per heavy atom. The van der Waals surface area contributed by atoms with Crippen LogP contribution in [-0.4, -0.2) is 53.3 Å². The molecule has 1 aliphatic rings. The number of aliphatic carboxylic acids is 1. The van der Waals surface area contributed by atoms with Crippen molar-refractivity contribution in [1.82, 2.24) is 10.2 Å². The Hall–Kier alpha value is -1.30. The molecule has 6 nitrogen and oxygen atoms in total. The van der Waals surface area contributed by atoms with E-state index >= 15 is 0 Å². The summed E-state index contributed by atoms with van der Waals surface area (Å²) < 4.78 is 5.54. The van der Waals surface area contributed by atoms with Gasteiger partial charge in [0, 0.05) is 6.54 Å². The van der Waals surface area contributed by atoms with Crippen LogP contribution in [0.2, 0.25) is 0 Å². The number of carboxylic acid groups (broad SMARTS) is 1. The number of carbonyl (C=O) groups is 2. The van der Waals surface area contributed by atoms with Crippen molar-refractivity contribution in [2.75, 3.05) is 13.2 Å². The van der Waals surface area contributed by atoms with E-state index in [-0.39, 0.29) is 18.2 Å². The van der Waals surface area contributed by atoms with E-state index in [0.29, 0.717) is 13.2 Å². The predicted octanol–water partition coefficient (Wildman–Crippen LogP) is 1.69. The Morgan fingerprint density at radius 2 is 2.05 bits per heavy atom. The van der Waals surface area contributed by atoms with E-state index in [4.69, 9.17) is 4.74 Å². The van der Waals surface area contributed by atoms with Crippen LogP contribution in [-0.2, 0) is 9.53 Å². The highest BCUT2D eigenvalue weighted by atomic mass is 16.5. The Balaban J connectivity index is 2.79. The van der Waals surface area contributed by atoms with E-state index < -0.39 is 17.4 Å². The number of carbonyl (C=O) groups excluding carboxylic acids is 1. The Labute approximate surface area is 120 Å². The molecule has 1 fully saturated rings. The van der Waals surface area contributed by atoms with Crippen LogP contribution in [0.5, 0.6) is 0 Å². The summed E-state index contributed by atoms with van der Waals surface area (Å²) in [4.78, 5) is 25.4. The Morgan fingerprint density at radius 3 is 2.50 bits per heavy atom. The van der Waals surface area contributed by atoms with Crippen LogP contribution < -0.4 is 5.32 Å². The average Bonchev–Trinajstić information content (AvgIpc) is 2.33. The lowest BCUT2D eigenvalue weighted by atomic mass is 9.87. The van der Waals surface area contributed by atoms with Gasteiger partial charge in [0.2, 0.25) is 0 Å². The summed E-state index contributed by atoms with van der Waals surface area (Å²) in [6.45, 7) is 10.3. The van der Waals surface area contributed by atoms with Gasteiger partial charge in [-0.05, 0) is 18.8 Å². The number of nitrogens with zero attached hydrogens (tertiary/aromatic N) is 1. The van der Waals surface area contributed by atoms with Crippen LogP contribution in [0.1, 0.15) is 41.0 Å². The summed E-state index contributed by atoms with van der Waals surface area (Å²) in [5.41, 5.74) is -0.541. The highest BCUT2D eigenvalue weighted by Crippen LogP contribution is 2.21. The number of ether oxygens (including phenoxy) is 1. The van der Waals surface area contributed by atoms with Crippen molar-refractivity contribution in [3.05, 3.63) is 0 Å². The minimum absolute atomic E-state index is 0.000568. The van der Waals surface area contributed by atoms with Gasteiger partial charge in [-0.2, -0.15) is 0 Å². The SMILES string of the molecule is CCC1COC(C)CN1C(=O)N[C@@H](C(=O)O)C(C)(C)C. The van der Waals surface area contributed by atoms with E-state index in [1.807, 2.05) is 13.8 Å². The Bertz CT molecular complexity index is 365. The molecule has 1 heterocycles. The fourth-order valence-electron chi connectivity index (χ4n) is 2.29. The molecule has 0 aromatic carbocycles. The lowest BCUT2D eigenvalue weighted by Crippen LogP contribution is -2.59. The third kappa shape index (κ3) is 4.10. The molecule has 2 amide bonds. The van der Waals surface area contributed by atoms with Gasteiger partial charge in [0.1, 0.15) is 6.04 Å². The highest BCUT2D eigenvalue weighted by Gasteiger charge is 2.36. The second-order valence-electron chi connectivity index (χ2n) is 6.45. The van der Waals surface area contributed by atoms with Gasteiger partial charge in [0.25, 0.3) is 0 Å². The van der Waals surface area contributed by atoms with Gasteiger partial charge in [-0.1, -0.05) is 27.7 Å². The van der Waals surface area contributed by atoms with Crippen LogP contribution in [0.25, 0.3) is 0 Å². The summed E-state index contributed by atoms with van der Waals surface area (Å²) in [6.07, 6.45) is 0.759. The minimum Gasteiger partial charge on any atom is -0.480 e. The first-order valence-corrected chi connectivity index (χ1v) is 7.08. The van der Waals surface area contributed by atoms with Gasteiger partial charge in [-0.3, -0.25) is 0 Å². The van der Waals surface area contributed by atoms with Crippen molar-refractivity contribution in [3.8, 4) is 0 Å². The van der Waals surface area contributed by atoms with E-state index in [1.165, 1.54) is 0 Å². The minimum atomic E-state index is -1.01. The summed E-state index contributed by atoms with van der Waals surface area (Å²) >= 11 is 0. The molecule has 0 bridgehead atoms. The molecule has 2 N–H and O–H groups in total. The highest BCUT2D eigenvalue weighted by molar-refractivity contribution is 5.83. The standard InChI is InChI=1S/C14H26N2O4/c1-6-10-8-20-9(2)7-16(10)13(19)15-11(12(17)18)14(3,4)5/h9-11H,6-8H2,1-5H3,(H,15,19)(H,17,18)/t9?,10?,11-/m0/s1. The molecule has 0 aromatic heterocycles. The maximum Gasteiger partial charge on any atom is 0.326 e. The van der Waals surface area contributed by atoms with Gasteiger partial charge in [0.15, 0.2) is 0 Å². The van der Waals surface area contributed by atoms with Gasteiger partial charge >= 0.3 is 12.0 Å². The normalized spacial score (nSPS) is 25.1. The molecule has 3 atom stereocenters. The number of hydrogen-bond donors (Lipinski definition) is 2. The second-order valence-corrected chi connectivity index (χ2v) is 6.45. The van der Waals surface area contributed by atoms with Gasteiger partial charge < -0.3 is 20.1 Å². The predicted molar refractivity (Wildman–Crippen MR) is 75.6 cm³/mol. The van der Waals surface area contributed by atoms with Crippen LogP contribution in [0, 0.1) is 5.41 Å². The van der Waals surface area contributed by atoms with Gasteiger partial charge in [0.05, 0.1) is 18.8 Å². The Kier molecular flexibility index (Phi) is 5.39. The molecule has 20 heavy (non-hydrogen) atoms. The summed E-state index contributed by atoms with van der Waals surface area (Å²) in [5, 5.41) is 11.9. The molecule has 0 spiro atoms. The molecular weight excluding hydrogens is 260 g/mol. The van der Waals surface area contributed by atoms with Crippen LogP contribution >= 0.6 is 0 Å². The maximum absolute atomic E-state index is 12.4. The molecule has 6 heteroatoms. The molecule has 0 aromatic rings. The van der Waals surface area contributed by atoms with Crippen molar-refractivity contribution in [3.63, 3.8) is 0 Å². The van der Waals surface area contributed by atoms with Crippen LogP contribution in [0.4, 0.5) is 4.79 Å². The van der Waals surface area contributed by atoms with Gasteiger partial charge in [-0.25, -0.2) is 9.59 Å². The molecule has 0 radical (unpaired) electrons. The number of carboxylic acids is 1. The quantitative estimate of drug-likeness (QED) is 0.827. The molecule has 116 valence electrons. The lowest BCUT2D eigenvalue weighted by molar-refractivity contribution is -0.142. The second kappa shape index (κ2) is 6.43. The zero-order valence-corrected chi connectivity index (χ0v) is 13.0. The van der Waals surface area contributed by atoms with E-state index in [2.05, 4.69) is 5.32 Å². The first-order chi connectivity index (χ1) is 9.16. The molecule has 0 saturated carbocycles. The fourth-order valence-corrected chi connectivity index (χ4v) is 2.29. The largest absolute Gasteiger partial charge is 0.480 e. The molecule has 1 saturated heterocycles.